The molecule has 0 radical (unpaired) electrons. The van der Waals surface area contributed by atoms with E-state index >= 15 is 0 Å². The first kappa shape index (κ1) is 13.3. The molecule has 0 spiro atoms. The molecule has 1 atom stereocenters. The number of rotatable bonds is 3. The van der Waals surface area contributed by atoms with Crippen molar-refractivity contribution >= 4 is 0 Å². The molecule has 0 amide bonds. The Hall–Kier alpha value is -0.120. The predicted octanol–water partition coefficient (Wildman–Crippen LogP) is 1.35. The van der Waals surface area contributed by atoms with E-state index in [1.807, 2.05) is 0 Å². The first-order valence-corrected chi connectivity index (χ1v) is 7.34. The third-order valence-corrected chi connectivity index (χ3v) is 4.62. The molecule has 3 nitrogen and oxygen atoms in total. The van der Waals surface area contributed by atoms with E-state index in [4.69, 9.17) is 0 Å². The molecular weight excluding hydrogens is 210 g/mol. The standard InChI is InChI=1S/C14H29N3/c1-4-16-7-5-14(6-8-16)12-17-10-9-15(3)11-13(17)2/h13-14H,4-12H2,1-3H3. The monoisotopic (exact) mass is 239 g/mol. The van der Waals surface area contributed by atoms with Crippen molar-refractivity contribution in [3.63, 3.8) is 0 Å². The largest absolute Gasteiger partial charge is 0.304 e. The van der Waals surface area contributed by atoms with E-state index in [9.17, 15) is 0 Å². The zero-order chi connectivity index (χ0) is 12.3. The molecule has 2 rings (SSSR count). The molecule has 2 heterocycles. The highest BCUT2D eigenvalue weighted by Crippen LogP contribution is 2.20. The van der Waals surface area contributed by atoms with Gasteiger partial charge in [-0.3, -0.25) is 4.90 Å². The van der Waals surface area contributed by atoms with Crippen LogP contribution in [-0.4, -0.2) is 73.6 Å². The Kier molecular flexibility index (Phi) is 4.83. The predicted molar refractivity (Wildman–Crippen MR) is 73.4 cm³/mol. The van der Waals surface area contributed by atoms with Crippen molar-refractivity contribution < 1.29 is 0 Å². The third kappa shape index (κ3) is 3.67. The number of hydrogen-bond acceptors (Lipinski definition) is 3. The van der Waals surface area contributed by atoms with Crippen molar-refractivity contribution in [2.75, 3.05) is 52.9 Å². The van der Waals surface area contributed by atoms with Gasteiger partial charge in [0, 0.05) is 32.2 Å². The SMILES string of the molecule is CCN1CCC(CN2CCN(C)CC2C)CC1. The fourth-order valence-corrected chi connectivity index (χ4v) is 3.27. The molecule has 0 N–H and O–H groups in total. The minimum atomic E-state index is 0.748. The van der Waals surface area contributed by atoms with E-state index in [-0.39, 0.29) is 0 Å². The molecule has 0 aliphatic carbocycles. The summed E-state index contributed by atoms with van der Waals surface area (Å²) in [5, 5.41) is 0. The maximum Gasteiger partial charge on any atom is 0.0195 e. The molecule has 0 aromatic carbocycles. The average Bonchev–Trinajstić information content (AvgIpc) is 2.34. The minimum absolute atomic E-state index is 0.748. The fourth-order valence-electron chi connectivity index (χ4n) is 3.27. The van der Waals surface area contributed by atoms with Crippen LogP contribution in [0.5, 0.6) is 0 Å². The molecule has 1 unspecified atom stereocenters. The van der Waals surface area contributed by atoms with Crippen LogP contribution in [0.1, 0.15) is 26.7 Å². The molecule has 0 aromatic rings. The van der Waals surface area contributed by atoms with Crippen LogP contribution in [0.2, 0.25) is 0 Å². The van der Waals surface area contributed by atoms with E-state index in [0.29, 0.717) is 0 Å². The average molecular weight is 239 g/mol. The molecular formula is C14H29N3. The summed E-state index contributed by atoms with van der Waals surface area (Å²) in [6.45, 7) is 13.6. The zero-order valence-corrected chi connectivity index (χ0v) is 11.9. The van der Waals surface area contributed by atoms with Gasteiger partial charge in [-0.2, -0.15) is 0 Å². The Bertz CT molecular complexity index is 224. The quantitative estimate of drug-likeness (QED) is 0.736. The molecule has 0 bridgehead atoms. The lowest BCUT2D eigenvalue weighted by atomic mass is 9.95. The number of piperidine rings is 1. The molecule has 2 aliphatic heterocycles. The van der Waals surface area contributed by atoms with Crippen LogP contribution in [0.15, 0.2) is 0 Å². The molecule has 2 fully saturated rings. The summed E-state index contributed by atoms with van der Waals surface area (Å²) in [4.78, 5) is 7.76. The summed E-state index contributed by atoms with van der Waals surface area (Å²) in [6, 6.07) is 0.748. The van der Waals surface area contributed by atoms with Gasteiger partial charge in [0.25, 0.3) is 0 Å². The lowest BCUT2D eigenvalue weighted by Crippen LogP contribution is -2.52. The van der Waals surface area contributed by atoms with Crippen molar-refractivity contribution in [2.45, 2.75) is 32.7 Å². The summed E-state index contributed by atoms with van der Waals surface area (Å²) in [5.41, 5.74) is 0. The van der Waals surface area contributed by atoms with Gasteiger partial charge in [0.2, 0.25) is 0 Å². The zero-order valence-electron chi connectivity index (χ0n) is 11.9. The normalized spacial score (nSPS) is 30.9. The Labute approximate surface area is 107 Å². The Morgan fingerprint density at radius 3 is 2.35 bits per heavy atom. The second-order valence-electron chi connectivity index (χ2n) is 5.98. The smallest absolute Gasteiger partial charge is 0.0195 e. The first-order chi connectivity index (χ1) is 8.19. The van der Waals surface area contributed by atoms with Gasteiger partial charge in [0.05, 0.1) is 0 Å². The van der Waals surface area contributed by atoms with Gasteiger partial charge >= 0.3 is 0 Å². The van der Waals surface area contributed by atoms with Gasteiger partial charge in [-0.05, 0) is 52.4 Å². The number of hydrogen-bond donors (Lipinski definition) is 0. The molecule has 100 valence electrons. The highest BCUT2D eigenvalue weighted by atomic mass is 15.3. The summed E-state index contributed by atoms with van der Waals surface area (Å²) in [5.74, 6) is 0.948. The number of piperazine rings is 1. The molecule has 2 saturated heterocycles. The van der Waals surface area contributed by atoms with Gasteiger partial charge < -0.3 is 9.80 Å². The van der Waals surface area contributed by atoms with Crippen molar-refractivity contribution in [3.05, 3.63) is 0 Å². The lowest BCUT2D eigenvalue weighted by Gasteiger charge is -2.41. The third-order valence-electron chi connectivity index (χ3n) is 4.62. The van der Waals surface area contributed by atoms with Crippen LogP contribution in [0.4, 0.5) is 0 Å². The van der Waals surface area contributed by atoms with Crippen LogP contribution >= 0.6 is 0 Å². The van der Waals surface area contributed by atoms with Crippen molar-refractivity contribution in [2.24, 2.45) is 5.92 Å². The van der Waals surface area contributed by atoms with Gasteiger partial charge in [-0.1, -0.05) is 6.92 Å². The van der Waals surface area contributed by atoms with Gasteiger partial charge in [0.1, 0.15) is 0 Å². The fraction of sp³-hybridized carbons (Fsp3) is 1.00. The van der Waals surface area contributed by atoms with Gasteiger partial charge in [-0.15, -0.1) is 0 Å². The summed E-state index contributed by atoms with van der Waals surface area (Å²) in [6.07, 6.45) is 2.82. The van der Waals surface area contributed by atoms with Crippen LogP contribution in [0, 0.1) is 5.92 Å². The van der Waals surface area contributed by atoms with Crippen molar-refractivity contribution in [1.82, 2.24) is 14.7 Å². The van der Waals surface area contributed by atoms with E-state index in [1.165, 1.54) is 58.7 Å². The van der Waals surface area contributed by atoms with E-state index in [2.05, 4.69) is 35.6 Å². The number of likely N-dealkylation sites (N-methyl/N-ethyl adjacent to an activating group) is 1. The summed E-state index contributed by atoms with van der Waals surface area (Å²) >= 11 is 0. The van der Waals surface area contributed by atoms with Crippen LogP contribution in [0.25, 0.3) is 0 Å². The lowest BCUT2D eigenvalue weighted by molar-refractivity contribution is 0.0686. The minimum Gasteiger partial charge on any atom is -0.304 e. The number of likely N-dealkylation sites (tertiary alicyclic amines) is 1. The van der Waals surface area contributed by atoms with E-state index in [0.717, 1.165) is 12.0 Å². The maximum atomic E-state index is 2.71. The van der Waals surface area contributed by atoms with Gasteiger partial charge in [0.15, 0.2) is 0 Å². The van der Waals surface area contributed by atoms with E-state index in [1.54, 1.807) is 0 Å². The maximum absolute atomic E-state index is 2.71. The molecule has 0 saturated carbocycles. The Balaban J connectivity index is 1.74. The highest BCUT2D eigenvalue weighted by Gasteiger charge is 2.25. The van der Waals surface area contributed by atoms with Crippen LogP contribution < -0.4 is 0 Å². The van der Waals surface area contributed by atoms with Gasteiger partial charge in [-0.25, -0.2) is 0 Å². The number of nitrogens with zero attached hydrogens (tertiary/aromatic N) is 3. The second-order valence-corrected chi connectivity index (χ2v) is 5.98. The van der Waals surface area contributed by atoms with E-state index < -0.39 is 0 Å². The topological polar surface area (TPSA) is 9.72 Å². The molecule has 2 aliphatic rings. The molecule has 0 aromatic heterocycles. The molecule has 17 heavy (non-hydrogen) atoms. The van der Waals surface area contributed by atoms with Crippen molar-refractivity contribution in [3.8, 4) is 0 Å². The highest BCUT2D eigenvalue weighted by molar-refractivity contribution is 4.81. The summed E-state index contributed by atoms with van der Waals surface area (Å²) < 4.78 is 0. The second kappa shape index (κ2) is 6.17. The Morgan fingerprint density at radius 2 is 1.76 bits per heavy atom. The van der Waals surface area contributed by atoms with Crippen LogP contribution in [0.3, 0.4) is 0 Å². The first-order valence-electron chi connectivity index (χ1n) is 7.34. The van der Waals surface area contributed by atoms with Crippen LogP contribution in [-0.2, 0) is 0 Å². The summed E-state index contributed by atoms with van der Waals surface area (Å²) in [7, 11) is 2.24. The molecule has 3 heteroatoms. The van der Waals surface area contributed by atoms with Crippen molar-refractivity contribution in [1.29, 1.82) is 0 Å². The Morgan fingerprint density at radius 1 is 1.06 bits per heavy atom.